The number of aryl methyl sites for hydroxylation is 1. The summed E-state index contributed by atoms with van der Waals surface area (Å²) in [4.78, 5) is 28.7. The van der Waals surface area contributed by atoms with Crippen molar-refractivity contribution in [3.63, 3.8) is 0 Å². The number of nitrogens with one attached hydrogen (secondary N) is 2. The van der Waals surface area contributed by atoms with Crippen molar-refractivity contribution in [1.82, 2.24) is 19.9 Å². The Morgan fingerprint density at radius 3 is 2.62 bits per heavy atom. The van der Waals surface area contributed by atoms with Gasteiger partial charge in [0.15, 0.2) is 0 Å². The van der Waals surface area contributed by atoms with Crippen LogP contribution in [0.1, 0.15) is 62.0 Å². The van der Waals surface area contributed by atoms with Crippen molar-refractivity contribution in [3.05, 3.63) is 59.4 Å². The number of nitrogens with zero attached hydrogens (tertiary/aromatic N) is 4. The zero-order valence-electron chi connectivity index (χ0n) is 22.3. The predicted octanol–water partition coefficient (Wildman–Crippen LogP) is 4.92. The molecule has 0 atom stereocenters. The minimum atomic E-state index is -0.705. The Balaban J connectivity index is 1.29. The number of fused-ring (bicyclic) bond motifs is 1. The fourth-order valence-corrected chi connectivity index (χ4v) is 5.27. The number of benzene rings is 1. The molecule has 37 heavy (non-hydrogen) atoms. The lowest BCUT2D eigenvalue weighted by Crippen LogP contribution is -2.44. The molecule has 0 unspecified atom stereocenters. The average molecular weight is 501 g/mol. The molecule has 194 valence electrons. The normalized spacial score (nSPS) is 17.3. The number of piperidine rings is 1. The van der Waals surface area contributed by atoms with Crippen LogP contribution in [0.3, 0.4) is 0 Å². The fraction of sp³-hybridized carbons (Fsp3) is 0.448. The van der Waals surface area contributed by atoms with Gasteiger partial charge in [-0.05, 0) is 75.4 Å². The number of hydrogen-bond acceptors (Lipinski definition) is 7. The summed E-state index contributed by atoms with van der Waals surface area (Å²) in [6, 6.07) is 9.72. The lowest BCUT2D eigenvalue weighted by Gasteiger charge is -2.37. The topological polar surface area (TPSA) is 103 Å². The predicted molar refractivity (Wildman–Crippen MR) is 146 cm³/mol. The van der Waals surface area contributed by atoms with Gasteiger partial charge >= 0.3 is 0 Å². The molecule has 3 N–H and O–H groups in total. The number of hydrogen-bond donors (Lipinski definition) is 3. The van der Waals surface area contributed by atoms with Crippen LogP contribution in [-0.2, 0) is 5.41 Å². The second kappa shape index (κ2) is 9.41. The molecule has 0 saturated carbocycles. The third-order valence-corrected chi connectivity index (χ3v) is 7.77. The molecule has 1 fully saturated rings. The van der Waals surface area contributed by atoms with Crippen LogP contribution in [0, 0.1) is 12.8 Å². The highest BCUT2D eigenvalue weighted by atomic mass is 16.3. The van der Waals surface area contributed by atoms with E-state index in [1.165, 1.54) is 5.56 Å². The average Bonchev–Trinajstić information content (AvgIpc) is 3.18. The number of likely N-dealkylation sites (tertiary alicyclic amines) is 1. The van der Waals surface area contributed by atoms with Gasteiger partial charge in [0.1, 0.15) is 5.82 Å². The number of aliphatic hydroxyl groups is 1. The number of amides is 1. The molecule has 2 aliphatic rings. The van der Waals surface area contributed by atoms with E-state index in [4.69, 9.17) is 4.98 Å². The maximum atomic E-state index is 13.1. The van der Waals surface area contributed by atoms with E-state index >= 15 is 0 Å². The van der Waals surface area contributed by atoms with E-state index in [9.17, 15) is 9.90 Å². The molecule has 2 aliphatic heterocycles. The minimum absolute atomic E-state index is 0.0219. The molecule has 1 saturated heterocycles. The Morgan fingerprint density at radius 2 is 1.92 bits per heavy atom. The van der Waals surface area contributed by atoms with Crippen molar-refractivity contribution < 1.29 is 9.90 Å². The number of pyridine rings is 1. The van der Waals surface area contributed by atoms with E-state index in [-0.39, 0.29) is 17.2 Å². The molecule has 1 aromatic carbocycles. The lowest BCUT2D eigenvalue weighted by molar-refractivity contribution is -0.0108. The van der Waals surface area contributed by atoms with Gasteiger partial charge in [0.05, 0.1) is 11.3 Å². The molecule has 0 radical (unpaired) electrons. The maximum Gasteiger partial charge on any atom is 0.253 e. The van der Waals surface area contributed by atoms with Gasteiger partial charge in [0.2, 0.25) is 5.95 Å². The van der Waals surface area contributed by atoms with Crippen molar-refractivity contribution in [2.45, 2.75) is 58.5 Å². The second-order valence-corrected chi connectivity index (χ2v) is 11.5. The number of anilines is 3. The Bertz CT molecular complexity index is 1320. The highest BCUT2D eigenvalue weighted by Crippen LogP contribution is 2.37. The Labute approximate surface area is 218 Å². The highest BCUT2D eigenvalue weighted by Gasteiger charge is 2.33. The van der Waals surface area contributed by atoms with Crippen molar-refractivity contribution in [3.8, 4) is 11.3 Å². The summed E-state index contributed by atoms with van der Waals surface area (Å²) in [5.74, 6) is 1.68. The first-order chi connectivity index (χ1) is 17.5. The first-order valence-corrected chi connectivity index (χ1v) is 13.0. The number of aromatic nitrogens is 3. The summed E-state index contributed by atoms with van der Waals surface area (Å²) in [6.45, 7) is 12.3. The van der Waals surface area contributed by atoms with Crippen LogP contribution in [-0.4, -0.2) is 56.1 Å². The summed E-state index contributed by atoms with van der Waals surface area (Å²) in [7, 11) is 0. The number of rotatable bonds is 5. The molecule has 5 rings (SSSR count). The van der Waals surface area contributed by atoms with E-state index in [2.05, 4.69) is 40.5 Å². The quantitative estimate of drug-likeness (QED) is 0.457. The van der Waals surface area contributed by atoms with Crippen molar-refractivity contribution in [1.29, 1.82) is 0 Å². The smallest absolute Gasteiger partial charge is 0.253 e. The van der Waals surface area contributed by atoms with E-state index < -0.39 is 5.60 Å². The molecule has 0 spiro atoms. The number of carbonyl (C=O) groups is 1. The van der Waals surface area contributed by atoms with Gasteiger partial charge in [-0.2, -0.15) is 0 Å². The first kappa shape index (κ1) is 25.1. The molecule has 8 heteroatoms. The van der Waals surface area contributed by atoms with E-state index in [1.807, 2.05) is 56.1 Å². The van der Waals surface area contributed by atoms with Gasteiger partial charge < -0.3 is 20.6 Å². The maximum absolute atomic E-state index is 13.1. The van der Waals surface area contributed by atoms with Crippen LogP contribution in [0.25, 0.3) is 11.3 Å². The van der Waals surface area contributed by atoms with Crippen LogP contribution < -0.4 is 10.6 Å². The van der Waals surface area contributed by atoms with Gasteiger partial charge in [-0.15, -0.1) is 0 Å². The Hall–Kier alpha value is -3.52. The first-order valence-electron chi connectivity index (χ1n) is 13.0. The van der Waals surface area contributed by atoms with Gasteiger partial charge in [0, 0.05) is 59.8 Å². The van der Waals surface area contributed by atoms with Crippen molar-refractivity contribution in [2.75, 3.05) is 30.3 Å². The third kappa shape index (κ3) is 5.16. The van der Waals surface area contributed by atoms with Crippen LogP contribution in [0.2, 0.25) is 0 Å². The molecule has 8 nitrogen and oxygen atoms in total. The Kier molecular flexibility index (Phi) is 6.40. The molecular weight excluding hydrogens is 464 g/mol. The molecule has 1 amide bonds. The van der Waals surface area contributed by atoms with Gasteiger partial charge in [-0.25, -0.2) is 15.0 Å². The second-order valence-electron chi connectivity index (χ2n) is 11.5. The molecular formula is C29H36N6O2. The van der Waals surface area contributed by atoms with Gasteiger partial charge in [0.25, 0.3) is 5.91 Å². The van der Waals surface area contributed by atoms with Crippen LogP contribution in [0.4, 0.5) is 17.5 Å². The third-order valence-electron chi connectivity index (χ3n) is 7.77. The van der Waals surface area contributed by atoms with Crippen LogP contribution in [0.15, 0.2) is 42.7 Å². The largest absolute Gasteiger partial charge is 0.390 e. The van der Waals surface area contributed by atoms with E-state index in [0.29, 0.717) is 24.6 Å². The zero-order chi connectivity index (χ0) is 26.4. The Morgan fingerprint density at radius 1 is 1.16 bits per heavy atom. The molecule has 2 aromatic heterocycles. The summed E-state index contributed by atoms with van der Waals surface area (Å²) in [5.41, 5.74) is 4.72. The molecule has 0 bridgehead atoms. The van der Waals surface area contributed by atoms with E-state index in [1.54, 1.807) is 6.20 Å². The van der Waals surface area contributed by atoms with Gasteiger partial charge in [-0.1, -0.05) is 13.8 Å². The summed E-state index contributed by atoms with van der Waals surface area (Å²) < 4.78 is 0. The summed E-state index contributed by atoms with van der Waals surface area (Å²) in [6.07, 6.45) is 5.21. The monoisotopic (exact) mass is 500 g/mol. The van der Waals surface area contributed by atoms with Crippen LogP contribution in [0.5, 0.6) is 0 Å². The standard InChI is InChI=1S/C29H36N6O2/c1-18-14-19(26(36)35-12-9-21(10-13-35)29(4,5)37)6-7-23(18)33-27-30-11-8-24(34-27)20-15-22-25(31-16-20)32-17-28(22,2)3/h6-8,11,14-16,21,37H,9-10,12-13,17H2,1-5H3,(H,31,32)(H,30,33,34). The van der Waals surface area contributed by atoms with Crippen LogP contribution >= 0.6 is 0 Å². The van der Waals surface area contributed by atoms with Crippen molar-refractivity contribution >= 4 is 23.4 Å². The summed E-state index contributed by atoms with van der Waals surface area (Å²) >= 11 is 0. The molecule has 4 heterocycles. The van der Waals surface area contributed by atoms with Crippen molar-refractivity contribution in [2.24, 2.45) is 5.92 Å². The van der Waals surface area contributed by atoms with E-state index in [0.717, 1.165) is 47.7 Å². The molecule has 0 aliphatic carbocycles. The lowest BCUT2D eigenvalue weighted by atomic mass is 9.83. The number of carbonyl (C=O) groups excluding carboxylic acids is 1. The van der Waals surface area contributed by atoms with Gasteiger partial charge in [-0.3, -0.25) is 4.79 Å². The molecule has 3 aromatic rings. The zero-order valence-corrected chi connectivity index (χ0v) is 22.3. The minimum Gasteiger partial charge on any atom is -0.390 e. The summed E-state index contributed by atoms with van der Waals surface area (Å²) in [5, 5.41) is 17.0. The fourth-order valence-electron chi connectivity index (χ4n) is 5.27. The highest BCUT2D eigenvalue weighted by molar-refractivity contribution is 5.95. The SMILES string of the molecule is Cc1cc(C(=O)N2CCC(C(C)(C)O)CC2)ccc1Nc1nccc(-c2cnc3c(c2)C(C)(C)CN3)n1.